The minimum atomic E-state index is 0.609. The third-order valence-corrected chi connectivity index (χ3v) is 2.01. The summed E-state index contributed by atoms with van der Waals surface area (Å²) in [4.78, 5) is 8.09. The van der Waals surface area contributed by atoms with Crippen molar-refractivity contribution in [3.8, 4) is 0 Å². The van der Waals surface area contributed by atoms with Crippen LogP contribution in [-0.2, 0) is 0 Å². The summed E-state index contributed by atoms with van der Waals surface area (Å²) in [6.07, 6.45) is 5.75. The molecule has 2 heteroatoms. The van der Waals surface area contributed by atoms with Crippen molar-refractivity contribution in [2.45, 2.75) is 46.5 Å². The fourth-order valence-electron chi connectivity index (χ4n) is 1.25. The van der Waals surface area contributed by atoms with Gasteiger partial charge in [0, 0.05) is 17.8 Å². The lowest BCUT2D eigenvalue weighted by molar-refractivity contribution is 0.621. The molecule has 0 aliphatic heterocycles. The van der Waals surface area contributed by atoms with Gasteiger partial charge in [-0.3, -0.25) is 0 Å². The molecule has 74 valence electrons. The standard InChI is InChI=1S/C9H14N2.C2H6/c1-3-8(4-2)9-5-6-10-7-11-9;1-2/h5-8H,3-4H2,1-2H3;1-2H3. The summed E-state index contributed by atoms with van der Waals surface area (Å²) in [5, 5.41) is 0. The molecule has 13 heavy (non-hydrogen) atoms. The molecule has 1 aromatic rings. The maximum absolute atomic E-state index is 4.21. The Bertz CT molecular complexity index is 193. The molecule has 0 bridgehead atoms. The quantitative estimate of drug-likeness (QED) is 0.712. The average molecular weight is 180 g/mol. The van der Waals surface area contributed by atoms with Gasteiger partial charge < -0.3 is 0 Å². The highest BCUT2D eigenvalue weighted by molar-refractivity contribution is 5.04. The van der Waals surface area contributed by atoms with Gasteiger partial charge in [0.1, 0.15) is 6.33 Å². The van der Waals surface area contributed by atoms with Gasteiger partial charge in [-0.2, -0.15) is 0 Å². The molecule has 0 atom stereocenters. The van der Waals surface area contributed by atoms with E-state index in [-0.39, 0.29) is 0 Å². The fourth-order valence-corrected chi connectivity index (χ4v) is 1.25. The van der Waals surface area contributed by atoms with Crippen molar-refractivity contribution in [3.05, 3.63) is 24.3 Å². The molecule has 0 radical (unpaired) electrons. The van der Waals surface area contributed by atoms with E-state index in [1.807, 2.05) is 19.9 Å². The van der Waals surface area contributed by atoms with E-state index in [0.717, 1.165) is 12.8 Å². The van der Waals surface area contributed by atoms with Gasteiger partial charge in [-0.25, -0.2) is 9.97 Å². The molecule has 0 aliphatic rings. The molecular weight excluding hydrogens is 160 g/mol. The Morgan fingerprint density at radius 2 is 1.85 bits per heavy atom. The molecule has 1 aromatic heterocycles. The lowest BCUT2D eigenvalue weighted by Crippen LogP contribution is -1.98. The first-order valence-electron chi connectivity index (χ1n) is 5.14. The number of hydrogen-bond acceptors (Lipinski definition) is 2. The Morgan fingerprint density at radius 3 is 2.23 bits per heavy atom. The van der Waals surface area contributed by atoms with Crippen LogP contribution in [0.25, 0.3) is 0 Å². The van der Waals surface area contributed by atoms with Crippen molar-refractivity contribution < 1.29 is 0 Å². The summed E-state index contributed by atoms with van der Waals surface area (Å²) in [5.74, 6) is 0.609. The third-order valence-electron chi connectivity index (χ3n) is 2.01. The van der Waals surface area contributed by atoms with E-state index in [1.54, 1.807) is 12.5 Å². The van der Waals surface area contributed by atoms with E-state index in [0.29, 0.717) is 5.92 Å². The van der Waals surface area contributed by atoms with Gasteiger partial charge in [0.15, 0.2) is 0 Å². The van der Waals surface area contributed by atoms with Gasteiger partial charge in [-0.1, -0.05) is 27.7 Å². The molecular formula is C11H20N2. The highest BCUT2D eigenvalue weighted by Crippen LogP contribution is 2.19. The first-order valence-corrected chi connectivity index (χ1v) is 5.14. The minimum Gasteiger partial charge on any atom is -0.245 e. The van der Waals surface area contributed by atoms with E-state index in [2.05, 4.69) is 23.8 Å². The molecule has 1 rings (SSSR count). The van der Waals surface area contributed by atoms with E-state index in [4.69, 9.17) is 0 Å². The summed E-state index contributed by atoms with van der Waals surface area (Å²) >= 11 is 0. The molecule has 0 spiro atoms. The summed E-state index contributed by atoms with van der Waals surface area (Å²) in [6, 6.07) is 2.00. The van der Waals surface area contributed by atoms with E-state index in [9.17, 15) is 0 Å². The largest absolute Gasteiger partial charge is 0.245 e. The fraction of sp³-hybridized carbons (Fsp3) is 0.636. The summed E-state index contributed by atoms with van der Waals surface area (Å²) < 4.78 is 0. The number of nitrogens with zero attached hydrogens (tertiary/aromatic N) is 2. The van der Waals surface area contributed by atoms with Crippen LogP contribution in [0.1, 0.15) is 52.1 Å². The SMILES string of the molecule is CC.CCC(CC)c1ccncn1. The topological polar surface area (TPSA) is 25.8 Å². The van der Waals surface area contributed by atoms with Crippen molar-refractivity contribution in [2.24, 2.45) is 0 Å². The molecule has 0 unspecified atom stereocenters. The molecule has 0 fully saturated rings. The predicted octanol–water partition coefficient (Wildman–Crippen LogP) is 3.41. The van der Waals surface area contributed by atoms with E-state index >= 15 is 0 Å². The Balaban J connectivity index is 0.000000671. The highest BCUT2D eigenvalue weighted by atomic mass is 14.8. The maximum Gasteiger partial charge on any atom is 0.115 e. The van der Waals surface area contributed by atoms with Gasteiger partial charge in [-0.05, 0) is 18.9 Å². The van der Waals surface area contributed by atoms with Gasteiger partial charge in [0.05, 0.1) is 0 Å². The van der Waals surface area contributed by atoms with Crippen LogP contribution < -0.4 is 0 Å². The lowest BCUT2D eigenvalue weighted by atomic mass is 10.00. The van der Waals surface area contributed by atoms with Crippen molar-refractivity contribution in [2.75, 3.05) is 0 Å². The van der Waals surface area contributed by atoms with Crippen LogP contribution in [0.2, 0.25) is 0 Å². The number of aromatic nitrogens is 2. The van der Waals surface area contributed by atoms with Gasteiger partial charge >= 0.3 is 0 Å². The first-order chi connectivity index (χ1) is 6.38. The molecule has 0 aliphatic carbocycles. The van der Waals surface area contributed by atoms with Crippen LogP contribution in [0.5, 0.6) is 0 Å². The molecule has 0 saturated carbocycles. The predicted molar refractivity (Wildman–Crippen MR) is 56.7 cm³/mol. The molecule has 0 saturated heterocycles. The summed E-state index contributed by atoms with van der Waals surface area (Å²) in [7, 11) is 0. The molecule has 0 amide bonds. The zero-order valence-electron chi connectivity index (χ0n) is 9.12. The Labute approximate surface area is 81.4 Å². The Kier molecular flexibility index (Phi) is 7.17. The van der Waals surface area contributed by atoms with E-state index < -0.39 is 0 Å². The van der Waals surface area contributed by atoms with Crippen LogP contribution in [0.15, 0.2) is 18.6 Å². The second kappa shape index (κ2) is 7.71. The Morgan fingerprint density at radius 1 is 1.23 bits per heavy atom. The maximum atomic E-state index is 4.21. The zero-order chi connectivity index (χ0) is 10.1. The van der Waals surface area contributed by atoms with E-state index in [1.165, 1.54) is 5.69 Å². The smallest absolute Gasteiger partial charge is 0.115 e. The third kappa shape index (κ3) is 4.02. The zero-order valence-corrected chi connectivity index (χ0v) is 9.12. The summed E-state index contributed by atoms with van der Waals surface area (Å²) in [6.45, 7) is 8.38. The van der Waals surface area contributed by atoms with Crippen LogP contribution >= 0.6 is 0 Å². The van der Waals surface area contributed by atoms with Crippen LogP contribution in [0, 0.1) is 0 Å². The summed E-state index contributed by atoms with van der Waals surface area (Å²) in [5.41, 5.74) is 1.17. The second-order valence-corrected chi connectivity index (χ2v) is 2.65. The van der Waals surface area contributed by atoms with Crippen molar-refractivity contribution in [1.82, 2.24) is 9.97 Å². The highest BCUT2D eigenvalue weighted by Gasteiger charge is 2.06. The van der Waals surface area contributed by atoms with Crippen LogP contribution in [0.4, 0.5) is 0 Å². The lowest BCUT2D eigenvalue weighted by Gasteiger charge is -2.09. The monoisotopic (exact) mass is 180 g/mol. The van der Waals surface area contributed by atoms with Crippen molar-refractivity contribution in [1.29, 1.82) is 0 Å². The van der Waals surface area contributed by atoms with Gasteiger partial charge in [0.2, 0.25) is 0 Å². The molecule has 2 nitrogen and oxygen atoms in total. The van der Waals surface area contributed by atoms with Crippen molar-refractivity contribution in [3.63, 3.8) is 0 Å². The first kappa shape index (κ1) is 12.1. The molecule has 1 heterocycles. The van der Waals surface area contributed by atoms with Crippen LogP contribution in [-0.4, -0.2) is 9.97 Å². The average Bonchev–Trinajstić information content (AvgIpc) is 2.24. The number of rotatable bonds is 3. The minimum absolute atomic E-state index is 0.609. The molecule has 0 aromatic carbocycles. The Hall–Kier alpha value is -0.920. The molecule has 0 N–H and O–H groups in total. The van der Waals surface area contributed by atoms with Crippen LogP contribution in [0.3, 0.4) is 0 Å². The van der Waals surface area contributed by atoms with Crippen molar-refractivity contribution >= 4 is 0 Å². The second-order valence-electron chi connectivity index (χ2n) is 2.65. The number of hydrogen-bond donors (Lipinski definition) is 0. The van der Waals surface area contributed by atoms with Gasteiger partial charge in [-0.15, -0.1) is 0 Å². The normalized spacial score (nSPS) is 9.31. The van der Waals surface area contributed by atoms with Gasteiger partial charge in [0.25, 0.3) is 0 Å².